The summed E-state index contributed by atoms with van der Waals surface area (Å²) in [6, 6.07) is 7.30. The highest BCUT2D eigenvalue weighted by Crippen LogP contribution is 2.34. The zero-order chi connectivity index (χ0) is 18.8. The number of anilines is 1. The molecule has 2 fully saturated rings. The minimum atomic E-state index is -0.873. The van der Waals surface area contributed by atoms with Gasteiger partial charge < -0.3 is 19.6 Å². The van der Waals surface area contributed by atoms with Gasteiger partial charge in [-0.05, 0) is 25.0 Å². The number of hydrogen-bond acceptors (Lipinski definition) is 4. The number of amides is 2. The van der Waals surface area contributed by atoms with E-state index < -0.39 is 17.8 Å². The second-order valence-electron chi connectivity index (χ2n) is 6.97. The summed E-state index contributed by atoms with van der Waals surface area (Å²) < 4.78 is 5.59. The Kier molecular flexibility index (Phi) is 5.15. The Morgan fingerprint density at radius 2 is 1.96 bits per heavy atom. The molecular formula is C19H24N2O5. The molecule has 2 heterocycles. The van der Waals surface area contributed by atoms with E-state index in [2.05, 4.69) is 0 Å². The Balaban J connectivity index is 1.72. The van der Waals surface area contributed by atoms with E-state index >= 15 is 0 Å². The molecule has 0 radical (unpaired) electrons. The first-order valence-corrected chi connectivity index (χ1v) is 8.96. The van der Waals surface area contributed by atoms with Gasteiger partial charge in [0.1, 0.15) is 5.75 Å². The molecule has 2 aliphatic heterocycles. The van der Waals surface area contributed by atoms with Crippen LogP contribution in [-0.4, -0.2) is 54.0 Å². The largest absolute Gasteiger partial charge is 0.492 e. The lowest BCUT2D eigenvalue weighted by Crippen LogP contribution is -2.36. The molecule has 0 bridgehead atoms. The summed E-state index contributed by atoms with van der Waals surface area (Å²) in [5.74, 6) is -1.56. The number of likely N-dealkylation sites (tertiary alicyclic amines) is 1. The molecule has 140 valence electrons. The maximum atomic E-state index is 12.8. The van der Waals surface area contributed by atoms with Crippen molar-refractivity contribution in [1.29, 1.82) is 0 Å². The van der Waals surface area contributed by atoms with E-state index in [0.717, 1.165) is 0 Å². The molecule has 1 aromatic carbocycles. The van der Waals surface area contributed by atoms with Gasteiger partial charge in [-0.3, -0.25) is 14.4 Å². The summed E-state index contributed by atoms with van der Waals surface area (Å²) in [5.41, 5.74) is 0.674. The SMILES string of the molecule is CCOc1ccccc1N1CC(C(=O)N2C[C@@H](C)[C@H](C(=O)O)C2)CC1=O. The molecule has 0 aliphatic carbocycles. The van der Waals surface area contributed by atoms with Crippen LogP contribution in [-0.2, 0) is 14.4 Å². The van der Waals surface area contributed by atoms with Crippen molar-refractivity contribution in [2.45, 2.75) is 20.3 Å². The summed E-state index contributed by atoms with van der Waals surface area (Å²) in [7, 11) is 0. The van der Waals surface area contributed by atoms with Gasteiger partial charge in [0.05, 0.1) is 24.1 Å². The van der Waals surface area contributed by atoms with Crippen molar-refractivity contribution in [2.75, 3.05) is 31.1 Å². The summed E-state index contributed by atoms with van der Waals surface area (Å²) in [5, 5.41) is 9.25. The fourth-order valence-corrected chi connectivity index (χ4v) is 3.79. The van der Waals surface area contributed by atoms with Crippen molar-refractivity contribution in [3.63, 3.8) is 0 Å². The quantitative estimate of drug-likeness (QED) is 0.862. The van der Waals surface area contributed by atoms with Crippen LogP contribution >= 0.6 is 0 Å². The molecule has 2 aliphatic rings. The highest BCUT2D eigenvalue weighted by Gasteiger charge is 2.43. The topological polar surface area (TPSA) is 87.2 Å². The number of benzene rings is 1. The summed E-state index contributed by atoms with van der Waals surface area (Å²) in [6.07, 6.45) is 0.141. The number of carboxylic acids is 1. The number of aliphatic carboxylic acids is 1. The number of nitrogens with zero attached hydrogens (tertiary/aromatic N) is 2. The molecule has 1 aromatic rings. The van der Waals surface area contributed by atoms with Crippen molar-refractivity contribution in [2.24, 2.45) is 17.8 Å². The monoisotopic (exact) mass is 360 g/mol. The van der Waals surface area contributed by atoms with Crippen molar-refractivity contribution in [1.82, 2.24) is 4.90 Å². The molecular weight excluding hydrogens is 336 g/mol. The number of ether oxygens (including phenoxy) is 1. The number of carbonyl (C=O) groups is 3. The number of hydrogen-bond donors (Lipinski definition) is 1. The van der Waals surface area contributed by atoms with E-state index in [4.69, 9.17) is 4.74 Å². The van der Waals surface area contributed by atoms with E-state index in [0.29, 0.717) is 31.1 Å². The van der Waals surface area contributed by atoms with E-state index in [1.54, 1.807) is 15.9 Å². The third-order valence-corrected chi connectivity index (χ3v) is 5.17. The average Bonchev–Trinajstić information content (AvgIpc) is 3.18. The van der Waals surface area contributed by atoms with Crippen LogP contribution in [0.5, 0.6) is 5.75 Å². The van der Waals surface area contributed by atoms with Crippen LogP contribution in [0.4, 0.5) is 5.69 Å². The number of rotatable bonds is 5. The molecule has 0 saturated carbocycles. The van der Waals surface area contributed by atoms with Crippen LogP contribution in [0, 0.1) is 17.8 Å². The molecule has 0 spiro atoms. The predicted octanol–water partition coefficient (Wildman–Crippen LogP) is 1.62. The molecule has 2 saturated heterocycles. The predicted molar refractivity (Wildman–Crippen MR) is 94.9 cm³/mol. The summed E-state index contributed by atoms with van der Waals surface area (Å²) in [6.45, 7) is 5.15. The molecule has 7 heteroatoms. The van der Waals surface area contributed by atoms with Gasteiger partial charge in [-0.1, -0.05) is 19.1 Å². The van der Waals surface area contributed by atoms with Crippen LogP contribution in [0.25, 0.3) is 0 Å². The third-order valence-electron chi connectivity index (χ3n) is 5.17. The number of para-hydroxylation sites is 2. The zero-order valence-corrected chi connectivity index (χ0v) is 15.1. The highest BCUT2D eigenvalue weighted by molar-refractivity contribution is 6.01. The fraction of sp³-hybridized carbons (Fsp3) is 0.526. The normalized spacial score (nSPS) is 25.6. The second kappa shape index (κ2) is 7.35. The first-order valence-electron chi connectivity index (χ1n) is 8.96. The van der Waals surface area contributed by atoms with Gasteiger partial charge in [-0.15, -0.1) is 0 Å². The molecule has 0 aromatic heterocycles. The lowest BCUT2D eigenvalue weighted by molar-refractivity contribution is -0.142. The standard InChI is InChI=1S/C19H24N2O5/c1-3-26-16-7-5-4-6-15(16)21-10-13(8-17(21)22)18(23)20-9-12(2)14(11-20)19(24)25/h4-7,12-14H,3,8-11H2,1-2H3,(H,24,25)/t12-,13?,14-/m1/s1. The molecule has 1 N–H and O–H groups in total. The smallest absolute Gasteiger partial charge is 0.308 e. The number of carbonyl (C=O) groups excluding carboxylic acids is 2. The summed E-state index contributed by atoms with van der Waals surface area (Å²) in [4.78, 5) is 39.8. The van der Waals surface area contributed by atoms with Crippen molar-refractivity contribution < 1.29 is 24.2 Å². The van der Waals surface area contributed by atoms with Gasteiger partial charge in [0, 0.05) is 26.1 Å². The average molecular weight is 360 g/mol. The Hall–Kier alpha value is -2.57. The molecule has 26 heavy (non-hydrogen) atoms. The second-order valence-corrected chi connectivity index (χ2v) is 6.97. The first-order chi connectivity index (χ1) is 12.4. The fourth-order valence-electron chi connectivity index (χ4n) is 3.79. The molecule has 7 nitrogen and oxygen atoms in total. The lowest BCUT2D eigenvalue weighted by Gasteiger charge is -2.22. The van der Waals surface area contributed by atoms with Crippen molar-refractivity contribution in [3.05, 3.63) is 24.3 Å². The molecule has 3 rings (SSSR count). The van der Waals surface area contributed by atoms with Gasteiger partial charge in [0.25, 0.3) is 0 Å². The van der Waals surface area contributed by atoms with Crippen LogP contribution < -0.4 is 9.64 Å². The van der Waals surface area contributed by atoms with E-state index in [9.17, 15) is 19.5 Å². The Labute approximate surface area is 152 Å². The summed E-state index contributed by atoms with van der Waals surface area (Å²) >= 11 is 0. The first kappa shape index (κ1) is 18.2. The van der Waals surface area contributed by atoms with Gasteiger partial charge >= 0.3 is 5.97 Å². The minimum absolute atomic E-state index is 0.0802. The lowest BCUT2D eigenvalue weighted by atomic mass is 9.99. The maximum Gasteiger partial charge on any atom is 0.308 e. The maximum absolute atomic E-state index is 12.8. The van der Waals surface area contributed by atoms with E-state index in [1.807, 2.05) is 32.0 Å². The van der Waals surface area contributed by atoms with Gasteiger partial charge in [-0.2, -0.15) is 0 Å². The van der Waals surface area contributed by atoms with Crippen LogP contribution in [0.2, 0.25) is 0 Å². The Bertz CT molecular complexity index is 720. The third kappa shape index (κ3) is 3.38. The molecule has 2 amide bonds. The van der Waals surface area contributed by atoms with Gasteiger partial charge in [-0.25, -0.2) is 0 Å². The van der Waals surface area contributed by atoms with Crippen LogP contribution in [0.1, 0.15) is 20.3 Å². The van der Waals surface area contributed by atoms with Gasteiger partial charge in [0.2, 0.25) is 11.8 Å². The minimum Gasteiger partial charge on any atom is -0.492 e. The van der Waals surface area contributed by atoms with Gasteiger partial charge in [0.15, 0.2) is 0 Å². The van der Waals surface area contributed by atoms with Crippen molar-refractivity contribution >= 4 is 23.5 Å². The van der Waals surface area contributed by atoms with E-state index in [-0.39, 0.29) is 30.7 Å². The van der Waals surface area contributed by atoms with Crippen LogP contribution in [0.3, 0.4) is 0 Å². The zero-order valence-electron chi connectivity index (χ0n) is 15.1. The van der Waals surface area contributed by atoms with Crippen LogP contribution in [0.15, 0.2) is 24.3 Å². The number of carboxylic acid groups (broad SMARTS) is 1. The highest BCUT2D eigenvalue weighted by atomic mass is 16.5. The molecule has 1 unspecified atom stereocenters. The molecule has 3 atom stereocenters. The Morgan fingerprint density at radius 1 is 1.23 bits per heavy atom. The Morgan fingerprint density at radius 3 is 2.62 bits per heavy atom. The van der Waals surface area contributed by atoms with Crippen molar-refractivity contribution in [3.8, 4) is 5.75 Å². The van der Waals surface area contributed by atoms with E-state index in [1.165, 1.54) is 0 Å².